The highest BCUT2D eigenvalue weighted by Gasteiger charge is 2.52. The van der Waals surface area contributed by atoms with Gasteiger partial charge in [0.15, 0.2) is 0 Å². The van der Waals surface area contributed by atoms with E-state index >= 15 is 0 Å². The minimum Gasteiger partial charge on any atom is -0.462 e. The summed E-state index contributed by atoms with van der Waals surface area (Å²) in [5, 5.41) is 10.1. The molecule has 1 N–H and O–H groups in total. The molecule has 8 atom stereocenters. The molecule has 6 nitrogen and oxygen atoms in total. The third-order valence-corrected chi connectivity index (χ3v) is 10.5. The van der Waals surface area contributed by atoms with Crippen LogP contribution in [0.3, 0.4) is 0 Å². The summed E-state index contributed by atoms with van der Waals surface area (Å²) in [6.45, 7) is 10.4. The Morgan fingerprint density at radius 3 is 2.63 bits per heavy atom. The lowest BCUT2D eigenvalue weighted by molar-refractivity contribution is -0.223. The molecular formula is C31H46O6S. The van der Waals surface area contributed by atoms with Crippen LogP contribution < -0.4 is 0 Å². The van der Waals surface area contributed by atoms with Crippen LogP contribution in [0.4, 0.5) is 0 Å². The zero-order valence-corrected chi connectivity index (χ0v) is 24.5. The summed E-state index contributed by atoms with van der Waals surface area (Å²) < 4.78 is 18.9. The molecule has 7 heteroatoms. The Bertz CT molecular complexity index is 951. The number of fused-ring (bicyclic) bond motifs is 1. The van der Waals surface area contributed by atoms with E-state index in [0.29, 0.717) is 31.1 Å². The first-order valence-corrected chi connectivity index (χ1v) is 15.4. The van der Waals surface area contributed by atoms with Gasteiger partial charge in [0.25, 0.3) is 0 Å². The van der Waals surface area contributed by atoms with Gasteiger partial charge in [0.1, 0.15) is 12.2 Å². The molecule has 2 aliphatic heterocycles. The van der Waals surface area contributed by atoms with Gasteiger partial charge in [-0.2, -0.15) is 0 Å². The number of esters is 2. The average molecular weight is 547 g/mol. The number of rotatable bonds is 9. The summed E-state index contributed by atoms with van der Waals surface area (Å²) in [6.07, 6.45) is 4.47. The van der Waals surface area contributed by atoms with Gasteiger partial charge >= 0.3 is 11.9 Å². The van der Waals surface area contributed by atoms with E-state index in [4.69, 9.17) is 14.2 Å². The van der Waals surface area contributed by atoms with Gasteiger partial charge in [-0.1, -0.05) is 32.0 Å². The number of cyclic esters (lactones) is 1. The van der Waals surface area contributed by atoms with Crippen LogP contribution >= 0.6 is 11.8 Å². The van der Waals surface area contributed by atoms with Crippen LogP contribution in [0.25, 0.3) is 0 Å². The molecule has 38 heavy (non-hydrogen) atoms. The van der Waals surface area contributed by atoms with E-state index in [0.717, 1.165) is 31.4 Å². The second kappa shape index (κ2) is 12.3. The van der Waals surface area contributed by atoms with Gasteiger partial charge in [-0.3, -0.25) is 9.59 Å². The molecule has 0 spiro atoms. The minimum atomic E-state index is -0.622. The summed E-state index contributed by atoms with van der Waals surface area (Å²) in [6, 6.07) is 10.4. The van der Waals surface area contributed by atoms with Gasteiger partial charge < -0.3 is 19.3 Å². The van der Waals surface area contributed by atoms with Gasteiger partial charge in [0.2, 0.25) is 0 Å². The number of carbonyl (C=O) groups is 2. The molecule has 2 saturated heterocycles. The lowest BCUT2D eigenvalue weighted by Gasteiger charge is -2.53. The Kier molecular flexibility index (Phi) is 9.52. The van der Waals surface area contributed by atoms with Crippen molar-refractivity contribution < 1.29 is 28.9 Å². The topological polar surface area (TPSA) is 82.1 Å². The van der Waals surface area contributed by atoms with Crippen molar-refractivity contribution in [1.82, 2.24) is 0 Å². The van der Waals surface area contributed by atoms with E-state index in [9.17, 15) is 14.7 Å². The third-order valence-electron chi connectivity index (χ3n) is 9.10. The van der Waals surface area contributed by atoms with E-state index in [-0.39, 0.29) is 42.6 Å². The number of ether oxygens (including phenoxy) is 3. The Hall–Kier alpha value is -1.57. The maximum absolute atomic E-state index is 13.3. The van der Waals surface area contributed by atoms with Crippen LogP contribution in [0.1, 0.15) is 86.0 Å². The molecule has 2 heterocycles. The molecular weight excluding hydrogens is 500 g/mol. The van der Waals surface area contributed by atoms with Crippen LogP contribution in [0.15, 0.2) is 35.2 Å². The van der Waals surface area contributed by atoms with Gasteiger partial charge in [0, 0.05) is 29.4 Å². The number of carbonyl (C=O) groups excluding carboxylic acids is 2. The van der Waals surface area contributed by atoms with Crippen molar-refractivity contribution >= 4 is 23.7 Å². The van der Waals surface area contributed by atoms with Gasteiger partial charge in [-0.05, 0) is 76.8 Å². The van der Waals surface area contributed by atoms with Crippen molar-refractivity contribution in [3.8, 4) is 0 Å². The van der Waals surface area contributed by atoms with E-state index in [1.54, 1.807) is 11.8 Å². The minimum absolute atomic E-state index is 0.0216. The number of benzene rings is 1. The highest BCUT2D eigenvalue weighted by atomic mass is 32.2. The molecule has 3 aliphatic rings. The Labute approximate surface area is 232 Å². The molecule has 0 radical (unpaired) electrons. The fourth-order valence-electron chi connectivity index (χ4n) is 6.42. The largest absolute Gasteiger partial charge is 0.462 e. The Balaban J connectivity index is 1.53. The molecule has 4 rings (SSSR count). The first-order chi connectivity index (χ1) is 18.0. The fourth-order valence-corrected chi connectivity index (χ4v) is 7.42. The van der Waals surface area contributed by atoms with E-state index in [1.165, 1.54) is 4.90 Å². The second-order valence-electron chi connectivity index (χ2n) is 12.7. The molecule has 1 saturated carbocycles. The van der Waals surface area contributed by atoms with Crippen LogP contribution in [0.5, 0.6) is 0 Å². The second-order valence-corrected chi connectivity index (χ2v) is 13.7. The molecule has 1 unspecified atom stereocenters. The monoisotopic (exact) mass is 546 g/mol. The molecule has 3 fully saturated rings. The van der Waals surface area contributed by atoms with E-state index in [1.807, 2.05) is 26.8 Å². The van der Waals surface area contributed by atoms with Crippen LogP contribution in [-0.4, -0.2) is 52.8 Å². The van der Waals surface area contributed by atoms with E-state index < -0.39 is 17.1 Å². The number of aliphatic hydroxyl groups is 1. The van der Waals surface area contributed by atoms with Crippen molar-refractivity contribution in [3.63, 3.8) is 0 Å². The summed E-state index contributed by atoms with van der Waals surface area (Å²) >= 11 is 1.79. The maximum atomic E-state index is 13.3. The highest BCUT2D eigenvalue weighted by Crippen LogP contribution is 2.49. The zero-order chi connectivity index (χ0) is 27.5. The van der Waals surface area contributed by atoms with Gasteiger partial charge in [-0.25, -0.2) is 0 Å². The Morgan fingerprint density at radius 1 is 1.21 bits per heavy atom. The van der Waals surface area contributed by atoms with Crippen LogP contribution in [-0.2, 0) is 23.8 Å². The average Bonchev–Trinajstić information content (AvgIpc) is 2.87. The fraction of sp³-hybridized carbons (Fsp3) is 0.742. The van der Waals surface area contributed by atoms with Crippen molar-refractivity contribution in [2.24, 2.45) is 23.2 Å². The molecule has 1 aliphatic carbocycles. The normalized spacial score (nSPS) is 35.7. The summed E-state index contributed by atoms with van der Waals surface area (Å²) in [4.78, 5) is 26.4. The molecule has 0 bridgehead atoms. The molecule has 1 aromatic rings. The van der Waals surface area contributed by atoms with Crippen molar-refractivity contribution in [2.45, 2.75) is 121 Å². The molecule has 1 aromatic carbocycles. The molecule has 0 amide bonds. The number of hydrogen-bond donors (Lipinski definition) is 1. The first kappa shape index (κ1) is 29.4. The van der Waals surface area contributed by atoms with Crippen LogP contribution in [0.2, 0.25) is 0 Å². The SMILES string of the molecule is CCC(C)(C)C(=O)O[C@H]1C[C@@](C)(CSc2ccccc2)O[C@@H]2CC[C@H](C)[C@H](CC[C@@H]3C[C@@H](O)CC(=O)O3)C12. The summed E-state index contributed by atoms with van der Waals surface area (Å²) in [5.74, 6) is 1.19. The highest BCUT2D eigenvalue weighted by molar-refractivity contribution is 7.99. The lowest BCUT2D eigenvalue weighted by Crippen LogP contribution is -2.58. The predicted molar refractivity (Wildman–Crippen MR) is 149 cm³/mol. The quantitative estimate of drug-likeness (QED) is 0.292. The van der Waals surface area contributed by atoms with Gasteiger partial charge in [0.05, 0.1) is 29.6 Å². The van der Waals surface area contributed by atoms with Crippen molar-refractivity contribution in [1.29, 1.82) is 0 Å². The standard InChI is InChI=1S/C31H46O6S/c1-6-30(3,4)29(34)36-26-18-31(5,19-38-23-10-8-7-9-11-23)37-25-15-12-20(2)24(28(25)26)14-13-22-16-21(32)17-27(33)35-22/h7-11,20-22,24-26,28,32H,6,12-19H2,1-5H3/t20-,21+,22+,24-,25+,26-,28?,31-/m0/s1. The van der Waals surface area contributed by atoms with E-state index in [2.05, 4.69) is 38.1 Å². The number of aliphatic hydroxyl groups excluding tert-OH is 1. The molecule has 0 aromatic heterocycles. The zero-order valence-electron chi connectivity index (χ0n) is 23.7. The first-order valence-electron chi connectivity index (χ1n) is 14.4. The number of hydrogen-bond acceptors (Lipinski definition) is 7. The molecule has 212 valence electrons. The maximum Gasteiger partial charge on any atom is 0.311 e. The Morgan fingerprint density at radius 2 is 1.95 bits per heavy atom. The smallest absolute Gasteiger partial charge is 0.311 e. The predicted octanol–water partition coefficient (Wildman–Crippen LogP) is 6.18. The number of thioether (sulfide) groups is 1. The van der Waals surface area contributed by atoms with Gasteiger partial charge in [-0.15, -0.1) is 11.8 Å². The summed E-state index contributed by atoms with van der Waals surface area (Å²) in [5.41, 5.74) is -0.942. The van der Waals surface area contributed by atoms with Crippen molar-refractivity contribution in [3.05, 3.63) is 30.3 Å². The summed E-state index contributed by atoms with van der Waals surface area (Å²) in [7, 11) is 0. The van der Waals surface area contributed by atoms with Crippen molar-refractivity contribution in [2.75, 3.05) is 5.75 Å². The lowest BCUT2D eigenvalue weighted by atomic mass is 9.64. The third kappa shape index (κ3) is 7.14. The van der Waals surface area contributed by atoms with Crippen LogP contribution in [0, 0.1) is 23.2 Å².